The van der Waals surface area contributed by atoms with Crippen LogP contribution in [0.1, 0.15) is 24.8 Å². The number of hydrogen-bond acceptors (Lipinski definition) is 1. The molecule has 0 amide bonds. The molecule has 0 aliphatic carbocycles. The van der Waals surface area contributed by atoms with E-state index in [-0.39, 0.29) is 10.8 Å². The highest BCUT2D eigenvalue weighted by Gasteiger charge is 2.14. The zero-order valence-corrected chi connectivity index (χ0v) is 11.2. The van der Waals surface area contributed by atoms with Gasteiger partial charge in [-0.3, -0.25) is 0 Å². The molecule has 0 aromatic heterocycles. The summed E-state index contributed by atoms with van der Waals surface area (Å²) in [5, 5.41) is 3.62. The molecule has 0 spiro atoms. The molecule has 4 heteroatoms. The zero-order chi connectivity index (χ0) is 11.5. The number of piperidine rings is 1. The Kier molecular flexibility index (Phi) is 4.22. The minimum absolute atomic E-state index is 0.167. The number of nitrogens with one attached hydrogen (secondary N) is 1. The van der Waals surface area contributed by atoms with E-state index < -0.39 is 0 Å². The van der Waals surface area contributed by atoms with Gasteiger partial charge in [0.25, 0.3) is 0 Å². The SMILES string of the molecule is Fc1cc(CC2CCCCN2)cc(Br)c1Cl. The van der Waals surface area contributed by atoms with Gasteiger partial charge in [-0.05, 0) is 59.4 Å². The van der Waals surface area contributed by atoms with E-state index in [1.54, 1.807) is 0 Å². The van der Waals surface area contributed by atoms with Crippen LogP contribution in [0.5, 0.6) is 0 Å². The number of halogens is 3. The van der Waals surface area contributed by atoms with E-state index in [1.807, 2.05) is 6.07 Å². The van der Waals surface area contributed by atoms with Crippen LogP contribution in [-0.2, 0) is 6.42 Å². The average molecular weight is 307 g/mol. The zero-order valence-electron chi connectivity index (χ0n) is 8.90. The molecular formula is C12H14BrClFN. The second-order valence-electron chi connectivity index (χ2n) is 4.22. The van der Waals surface area contributed by atoms with Gasteiger partial charge in [-0.1, -0.05) is 18.0 Å². The van der Waals surface area contributed by atoms with Gasteiger partial charge in [0.2, 0.25) is 0 Å². The van der Waals surface area contributed by atoms with Gasteiger partial charge in [0.15, 0.2) is 0 Å². The van der Waals surface area contributed by atoms with Crippen LogP contribution in [0.3, 0.4) is 0 Å². The standard InChI is InChI=1S/C12H14BrClFN/c13-10-6-8(7-11(15)12(10)14)5-9-3-1-2-4-16-9/h6-7,9,16H,1-5H2. The van der Waals surface area contributed by atoms with E-state index >= 15 is 0 Å². The lowest BCUT2D eigenvalue weighted by molar-refractivity contribution is 0.399. The second kappa shape index (κ2) is 5.48. The van der Waals surface area contributed by atoms with Crippen LogP contribution in [0.15, 0.2) is 16.6 Å². The third kappa shape index (κ3) is 2.96. The first-order valence-electron chi connectivity index (χ1n) is 5.53. The van der Waals surface area contributed by atoms with Crippen LogP contribution in [0.4, 0.5) is 4.39 Å². The van der Waals surface area contributed by atoms with Gasteiger partial charge in [0.1, 0.15) is 5.82 Å². The number of benzene rings is 1. The molecule has 1 aliphatic heterocycles. The fraction of sp³-hybridized carbons (Fsp3) is 0.500. The second-order valence-corrected chi connectivity index (χ2v) is 5.46. The van der Waals surface area contributed by atoms with Crippen LogP contribution in [0.2, 0.25) is 5.02 Å². The van der Waals surface area contributed by atoms with Crippen LogP contribution in [0.25, 0.3) is 0 Å². The van der Waals surface area contributed by atoms with Crippen molar-refractivity contribution in [2.45, 2.75) is 31.7 Å². The van der Waals surface area contributed by atoms with Gasteiger partial charge in [-0.25, -0.2) is 4.39 Å². The Morgan fingerprint density at radius 3 is 2.88 bits per heavy atom. The average Bonchev–Trinajstić information content (AvgIpc) is 2.27. The van der Waals surface area contributed by atoms with Crippen molar-refractivity contribution >= 4 is 27.5 Å². The maximum absolute atomic E-state index is 13.4. The maximum atomic E-state index is 13.4. The summed E-state index contributed by atoms with van der Waals surface area (Å²) >= 11 is 9.02. The van der Waals surface area contributed by atoms with Crippen molar-refractivity contribution in [3.63, 3.8) is 0 Å². The molecule has 1 aromatic carbocycles. The first kappa shape index (κ1) is 12.3. The van der Waals surface area contributed by atoms with E-state index in [4.69, 9.17) is 11.6 Å². The monoisotopic (exact) mass is 305 g/mol. The van der Waals surface area contributed by atoms with Gasteiger partial charge in [-0.15, -0.1) is 0 Å². The Balaban J connectivity index is 2.09. The highest BCUT2D eigenvalue weighted by atomic mass is 79.9. The molecule has 0 saturated carbocycles. The van der Waals surface area contributed by atoms with Crippen LogP contribution in [0, 0.1) is 5.82 Å². The number of rotatable bonds is 2. The van der Waals surface area contributed by atoms with Crippen molar-refractivity contribution in [2.75, 3.05) is 6.54 Å². The van der Waals surface area contributed by atoms with E-state index in [2.05, 4.69) is 21.2 Å². The lowest BCUT2D eigenvalue weighted by atomic mass is 9.98. The largest absolute Gasteiger partial charge is 0.314 e. The molecule has 16 heavy (non-hydrogen) atoms. The van der Waals surface area contributed by atoms with Gasteiger partial charge in [0.05, 0.1) is 5.02 Å². The van der Waals surface area contributed by atoms with Gasteiger partial charge >= 0.3 is 0 Å². The Morgan fingerprint density at radius 1 is 1.44 bits per heavy atom. The van der Waals surface area contributed by atoms with Crippen LogP contribution in [-0.4, -0.2) is 12.6 Å². The minimum Gasteiger partial charge on any atom is -0.314 e. The Morgan fingerprint density at radius 2 is 2.25 bits per heavy atom. The molecule has 1 fully saturated rings. The first-order valence-corrected chi connectivity index (χ1v) is 6.70. The highest BCUT2D eigenvalue weighted by molar-refractivity contribution is 9.10. The Hall–Kier alpha value is -0.120. The van der Waals surface area contributed by atoms with Crippen LogP contribution >= 0.6 is 27.5 Å². The molecule has 1 nitrogen and oxygen atoms in total. The predicted molar refractivity (Wildman–Crippen MR) is 68.5 cm³/mol. The molecule has 1 unspecified atom stereocenters. The highest BCUT2D eigenvalue weighted by Crippen LogP contribution is 2.27. The molecule has 0 radical (unpaired) electrons. The quantitative estimate of drug-likeness (QED) is 0.817. The third-order valence-corrected chi connectivity index (χ3v) is 4.18. The molecule has 1 aliphatic rings. The lowest BCUT2D eigenvalue weighted by Gasteiger charge is -2.23. The Bertz CT molecular complexity index is 354. The molecule has 88 valence electrons. The normalized spacial score (nSPS) is 21.1. The summed E-state index contributed by atoms with van der Waals surface area (Å²) < 4.78 is 14.1. The fourth-order valence-electron chi connectivity index (χ4n) is 2.11. The summed E-state index contributed by atoms with van der Waals surface area (Å²) in [5.74, 6) is -0.346. The van der Waals surface area contributed by atoms with E-state index in [1.165, 1.54) is 25.3 Å². The summed E-state index contributed by atoms with van der Waals surface area (Å²) in [7, 11) is 0. The van der Waals surface area contributed by atoms with E-state index in [0.717, 1.165) is 18.5 Å². The summed E-state index contributed by atoms with van der Waals surface area (Å²) in [6.07, 6.45) is 4.54. The van der Waals surface area contributed by atoms with Crippen molar-refractivity contribution in [1.29, 1.82) is 0 Å². The van der Waals surface area contributed by atoms with Gasteiger partial charge < -0.3 is 5.32 Å². The minimum atomic E-state index is -0.346. The molecule has 1 N–H and O–H groups in total. The third-order valence-electron chi connectivity index (χ3n) is 2.94. The predicted octanol–water partition coefficient (Wildman–Crippen LogP) is 3.93. The summed E-state index contributed by atoms with van der Waals surface area (Å²) in [6, 6.07) is 3.91. The fourth-order valence-corrected chi connectivity index (χ4v) is 2.70. The van der Waals surface area contributed by atoms with Crippen molar-refractivity contribution in [1.82, 2.24) is 5.32 Å². The van der Waals surface area contributed by atoms with Crippen molar-refractivity contribution in [2.24, 2.45) is 0 Å². The molecule has 1 heterocycles. The topological polar surface area (TPSA) is 12.0 Å². The molecule has 1 atom stereocenters. The summed E-state index contributed by atoms with van der Waals surface area (Å²) in [6.45, 7) is 1.07. The van der Waals surface area contributed by atoms with Crippen molar-refractivity contribution < 1.29 is 4.39 Å². The smallest absolute Gasteiger partial charge is 0.143 e. The van der Waals surface area contributed by atoms with Crippen molar-refractivity contribution in [3.05, 3.63) is 33.0 Å². The van der Waals surface area contributed by atoms with E-state index in [0.29, 0.717) is 10.5 Å². The summed E-state index contributed by atoms with van der Waals surface area (Å²) in [4.78, 5) is 0. The van der Waals surface area contributed by atoms with Gasteiger partial charge in [0, 0.05) is 10.5 Å². The number of hydrogen-bond donors (Lipinski definition) is 1. The molecule has 2 rings (SSSR count). The van der Waals surface area contributed by atoms with Crippen LogP contribution < -0.4 is 5.32 Å². The van der Waals surface area contributed by atoms with Gasteiger partial charge in [-0.2, -0.15) is 0 Å². The molecule has 1 saturated heterocycles. The maximum Gasteiger partial charge on any atom is 0.143 e. The molecule has 0 bridgehead atoms. The summed E-state index contributed by atoms with van der Waals surface area (Å²) in [5.41, 5.74) is 0.994. The molecular weight excluding hydrogens is 292 g/mol. The Labute approximate surface area is 109 Å². The molecule has 1 aromatic rings. The lowest BCUT2D eigenvalue weighted by Crippen LogP contribution is -2.35. The first-order chi connectivity index (χ1) is 7.66. The van der Waals surface area contributed by atoms with E-state index in [9.17, 15) is 4.39 Å². The van der Waals surface area contributed by atoms with Crippen molar-refractivity contribution in [3.8, 4) is 0 Å².